The van der Waals surface area contributed by atoms with Crippen molar-refractivity contribution in [1.82, 2.24) is 30.0 Å². The molecule has 1 saturated carbocycles. The van der Waals surface area contributed by atoms with Crippen LogP contribution in [0.15, 0.2) is 59.4 Å². The molecule has 222 valence electrons. The van der Waals surface area contributed by atoms with Crippen LogP contribution in [0.5, 0.6) is 0 Å². The van der Waals surface area contributed by atoms with Crippen molar-refractivity contribution in [3.05, 3.63) is 77.4 Å². The molecule has 0 spiro atoms. The number of carbonyl (C=O) groups is 1. The molecule has 43 heavy (non-hydrogen) atoms. The summed E-state index contributed by atoms with van der Waals surface area (Å²) in [7, 11) is 0. The van der Waals surface area contributed by atoms with Crippen LogP contribution in [0.3, 0.4) is 0 Å². The van der Waals surface area contributed by atoms with E-state index in [1.54, 1.807) is 6.20 Å². The van der Waals surface area contributed by atoms with Crippen molar-refractivity contribution in [1.29, 1.82) is 0 Å². The van der Waals surface area contributed by atoms with Crippen molar-refractivity contribution < 1.29 is 18.4 Å². The number of H-pyrrole nitrogens is 1. The number of nitrogens with one attached hydrogen (secondary N) is 2. The number of ether oxygens (including phenoxy) is 1. The van der Waals surface area contributed by atoms with Gasteiger partial charge in [-0.25, -0.2) is 24.1 Å². The Morgan fingerprint density at radius 3 is 2.74 bits per heavy atom. The number of aromatic amines is 1. The Hall–Kier alpha value is -4.80. The summed E-state index contributed by atoms with van der Waals surface area (Å²) in [4.78, 5) is 32.1. The number of pyridine rings is 1. The number of amides is 1. The van der Waals surface area contributed by atoms with Gasteiger partial charge in [-0.2, -0.15) is 0 Å². The van der Waals surface area contributed by atoms with Gasteiger partial charge in [-0.3, -0.25) is 0 Å². The average molecular weight is 584 g/mol. The normalized spacial score (nSPS) is 16.5. The molecule has 6 rings (SSSR count). The SMILES string of the molecule is Cc1cnc(N[C@H]2CCC[C@@H]2N(CCF)C(=O)OCc2ccccc2)nc1-c1c[nH]c2nc(-c3c(C)noc3C)ccc12. The summed E-state index contributed by atoms with van der Waals surface area (Å²) in [6, 6.07) is 13.1. The lowest BCUT2D eigenvalue weighted by Crippen LogP contribution is -2.48. The first-order valence-electron chi connectivity index (χ1n) is 14.5. The van der Waals surface area contributed by atoms with E-state index in [1.807, 2.05) is 69.4 Å². The Morgan fingerprint density at radius 2 is 1.98 bits per heavy atom. The van der Waals surface area contributed by atoms with E-state index in [9.17, 15) is 9.18 Å². The van der Waals surface area contributed by atoms with Crippen LogP contribution < -0.4 is 5.32 Å². The van der Waals surface area contributed by atoms with Crippen molar-refractivity contribution >= 4 is 23.1 Å². The summed E-state index contributed by atoms with van der Waals surface area (Å²) in [5.41, 5.74) is 6.66. The zero-order chi connectivity index (χ0) is 29.9. The topological polar surface area (TPSA) is 122 Å². The molecule has 0 unspecified atom stereocenters. The van der Waals surface area contributed by atoms with Gasteiger partial charge in [0.15, 0.2) is 0 Å². The van der Waals surface area contributed by atoms with E-state index in [0.717, 1.165) is 75.4 Å². The molecule has 0 bridgehead atoms. The van der Waals surface area contributed by atoms with Gasteiger partial charge in [-0.05, 0) is 63.3 Å². The summed E-state index contributed by atoms with van der Waals surface area (Å²) >= 11 is 0. The molecule has 10 nitrogen and oxygen atoms in total. The molecule has 0 saturated heterocycles. The Labute approximate surface area is 248 Å². The number of benzene rings is 1. The third-order valence-corrected chi connectivity index (χ3v) is 8.01. The molecular weight excluding hydrogens is 549 g/mol. The molecule has 2 N–H and O–H groups in total. The summed E-state index contributed by atoms with van der Waals surface area (Å²) in [5, 5.41) is 8.42. The van der Waals surface area contributed by atoms with Crippen LogP contribution in [0.25, 0.3) is 33.5 Å². The minimum absolute atomic E-state index is 0.0330. The van der Waals surface area contributed by atoms with Gasteiger partial charge in [0.05, 0.1) is 35.2 Å². The van der Waals surface area contributed by atoms with Crippen molar-refractivity contribution in [2.45, 2.75) is 58.7 Å². The zero-order valence-corrected chi connectivity index (χ0v) is 24.4. The molecule has 0 radical (unpaired) electrons. The van der Waals surface area contributed by atoms with Gasteiger partial charge in [0.1, 0.15) is 24.7 Å². The van der Waals surface area contributed by atoms with Gasteiger partial charge in [0.25, 0.3) is 0 Å². The predicted molar refractivity (Wildman–Crippen MR) is 161 cm³/mol. The molecule has 1 aromatic carbocycles. The van der Waals surface area contributed by atoms with E-state index in [1.165, 1.54) is 4.90 Å². The van der Waals surface area contributed by atoms with Gasteiger partial charge in [0, 0.05) is 29.4 Å². The van der Waals surface area contributed by atoms with Gasteiger partial charge in [0.2, 0.25) is 5.95 Å². The molecule has 2 atom stereocenters. The number of fused-ring (bicyclic) bond motifs is 1. The highest BCUT2D eigenvalue weighted by molar-refractivity contribution is 5.94. The first-order valence-corrected chi connectivity index (χ1v) is 14.5. The maximum Gasteiger partial charge on any atom is 0.410 e. The molecule has 4 heterocycles. The van der Waals surface area contributed by atoms with Gasteiger partial charge in [-0.15, -0.1) is 0 Å². The van der Waals surface area contributed by atoms with Crippen molar-refractivity contribution in [3.63, 3.8) is 0 Å². The van der Waals surface area contributed by atoms with Crippen molar-refractivity contribution in [3.8, 4) is 22.5 Å². The van der Waals surface area contributed by atoms with E-state index >= 15 is 0 Å². The highest BCUT2D eigenvalue weighted by Crippen LogP contribution is 2.33. The number of nitrogens with zero attached hydrogens (tertiary/aromatic N) is 5. The Kier molecular flexibility index (Phi) is 8.04. The molecule has 5 aromatic rings. The van der Waals surface area contributed by atoms with E-state index in [4.69, 9.17) is 19.2 Å². The Morgan fingerprint density at radius 1 is 1.14 bits per heavy atom. The number of rotatable bonds is 9. The number of hydrogen-bond donors (Lipinski definition) is 2. The van der Waals surface area contributed by atoms with Gasteiger partial charge in [-0.1, -0.05) is 35.5 Å². The van der Waals surface area contributed by atoms with E-state index in [0.29, 0.717) is 5.95 Å². The number of halogens is 1. The van der Waals surface area contributed by atoms with Crippen LogP contribution >= 0.6 is 0 Å². The third kappa shape index (κ3) is 5.79. The number of anilines is 1. The first kappa shape index (κ1) is 28.3. The molecular formula is C32H34FN7O3. The zero-order valence-electron chi connectivity index (χ0n) is 24.4. The maximum atomic E-state index is 13.6. The number of alkyl halides is 1. The second-order valence-corrected chi connectivity index (χ2v) is 10.9. The number of aryl methyl sites for hydroxylation is 3. The van der Waals surface area contributed by atoms with E-state index < -0.39 is 12.8 Å². The smallest absolute Gasteiger partial charge is 0.410 e. The maximum absolute atomic E-state index is 13.6. The summed E-state index contributed by atoms with van der Waals surface area (Å²) in [5.74, 6) is 1.17. The number of hydrogen-bond acceptors (Lipinski definition) is 8. The summed E-state index contributed by atoms with van der Waals surface area (Å²) < 4.78 is 24.5. The van der Waals surface area contributed by atoms with Gasteiger partial charge < -0.3 is 24.5 Å². The fraction of sp³-hybridized carbons (Fsp3) is 0.344. The monoisotopic (exact) mass is 583 g/mol. The van der Waals surface area contributed by atoms with Crippen LogP contribution in [0.2, 0.25) is 0 Å². The van der Waals surface area contributed by atoms with Crippen LogP contribution in [-0.2, 0) is 11.3 Å². The van der Waals surface area contributed by atoms with Crippen LogP contribution in [0.4, 0.5) is 15.1 Å². The molecule has 0 aliphatic heterocycles. The number of aromatic nitrogens is 5. The molecule has 1 fully saturated rings. The molecule has 11 heteroatoms. The third-order valence-electron chi connectivity index (χ3n) is 8.01. The minimum Gasteiger partial charge on any atom is -0.445 e. The lowest BCUT2D eigenvalue weighted by molar-refractivity contribution is 0.0764. The summed E-state index contributed by atoms with van der Waals surface area (Å²) in [6.45, 7) is 5.19. The summed E-state index contributed by atoms with van der Waals surface area (Å²) in [6.07, 6.45) is 5.58. The molecule has 1 aliphatic rings. The molecule has 1 amide bonds. The quantitative estimate of drug-likeness (QED) is 0.201. The van der Waals surface area contributed by atoms with Crippen LogP contribution in [0, 0.1) is 20.8 Å². The van der Waals surface area contributed by atoms with Gasteiger partial charge >= 0.3 is 6.09 Å². The molecule has 1 aliphatic carbocycles. The predicted octanol–water partition coefficient (Wildman–Crippen LogP) is 6.54. The fourth-order valence-electron chi connectivity index (χ4n) is 5.91. The Bertz CT molecular complexity index is 1720. The number of carbonyl (C=O) groups excluding carboxylic acids is 1. The van der Waals surface area contributed by atoms with Crippen molar-refractivity contribution in [2.24, 2.45) is 0 Å². The largest absolute Gasteiger partial charge is 0.445 e. The lowest BCUT2D eigenvalue weighted by atomic mass is 10.1. The van der Waals surface area contributed by atoms with Crippen molar-refractivity contribution in [2.75, 3.05) is 18.5 Å². The first-order chi connectivity index (χ1) is 20.9. The molecule has 4 aromatic heterocycles. The standard InChI is InChI=1S/C32H34FN7O3/c1-19-16-35-31(37-25-10-7-11-27(25)40(15-14-33)32(41)42-18-22-8-5-4-6-9-22)38-29(19)24-17-34-30-23(24)12-13-26(36-30)28-20(2)39-43-21(28)3/h4-6,8-9,12-13,16-17,25,27H,7,10-11,14-15,18H2,1-3H3,(H,34,36)(H,35,37,38)/t25-,27-/m0/s1. The van der Waals surface area contributed by atoms with E-state index in [2.05, 4.69) is 20.4 Å². The highest BCUT2D eigenvalue weighted by atomic mass is 19.1. The van der Waals surface area contributed by atoms with E-state index in [-0.39, 0.29) is 25.2 Å². The van der Waals surface area contributed by atoms with Crippen LogP contribution in [0.1, 0.15) is 41.8 Å². The average Bonchev–Trinajstić information content (AvgIpc) is 3.74. The van der Waals surface area contributed by atoms with Crippen LogP contribution in [-0.4, -0.2) is 61.4 Å². The minimum atomic E-state index is -0.651. The Balaban J connectivity index is 1.22. The highest BCUT2D eigenvalue weighted by Gasteiger charge is 2.36. The fourth-order valence-corrected chi connectivity index (χ4v) is 5.91. The second kappa shape index (κ2) is 12.2. The second-order valence-electron chi connectivity index (χ2n) is 10.9. The lowest BCUT2D eigenvalue weighted by Gasteiger charge is -2.32.